The molecule has 2 rings (SSSR count). The zero-order valence-corrected chi connectivity index (χ0v) is 11.3. The van der Waals surface area contributed by atoms with Crippen LogP contribution in [0.25, 0.3) is 0 Å². The van der Waals surface area contributed by atoms with Crippen LogP contribution in [0.2, 0.25) is 0 Å². The zero-order valence-electron chi connectivity index (χ0n) is 11.3. The van der Waals surface area contributed by atoms with Crippen molar-refractivity contribution in [3.63, 3.8) is 0 Å². The minimum Gasteiger partial charge on any atom is -0.508 e. The number of hydrogen-bond acceptors (Lipinski definition) is 3. The monoisotopic (exact) mass is 257 g/mol. The van der Waals surface area contributed by atoms with Crippen molar-refractivity contribution in [1.29, 1.82) is 0 Å². The van der Waals surface area contributed by atoms with Crippen molar-refractivity contribution in [2.24, 2.45) is 0 Å². The molecule has 2 aromatic rings. The van der Waals surface area contributed by atoms with Crippen molar-refractivity contribution in [1.82, 2.24) is 0 Å². The number of anilines is 1. The van der Waals surface area contributed by atoms with Crippen LogP contribution in [-0.4, -0.2) is 11.7 Å². The summed E-state index contributed by atoms with van der Waals surface area (Å²) in [5.41, 5.74) is 2.18. The highest BCUT2D eigenvalue weighted by Gasteiger charge is 2.05. The largest absolute Gasteiger partial charge is 0.508 e. The average molecular weight is 257 g/mol. The highest BCUT2D eigenvalue weighted by molar-refractivity contribution is 5.48. The van der Waals surface area contributed by atoms with E-state index < -0.39 is 0 Å². The molecule has 100 valence electrons. The molecule has 0 bridgehead atoms. The lowest BCUT2D eigenvalue weighted by molar-refractivity contribution is 0.340. The minimum absolute atomic E-state index is 0.195. The molecule has 0 aliphatic rings. The fraction of sp³-hybridized carbons (Fsp3) is 0.250. The molecule has 3 nitrogen and oxygen atoms in total. The summed E-state index contributed by atoms with van der Waals surface area (Å²) in [6, 6.07) is 15.3. The van der Waals surface area contributed by atoms with Gasteiger partial charge in [-0.15, -0.1) is 0 Å². The Balaban J connectivity index is 2.02. The molecule has 0 aromatic heterocycles. The molecule has 2 N–H and O–H groups in total. The molecule has 0 spiro atoms. The maximum Gasteiger partial charge on any atom is 0.119 e. The first-order chi connectivity index (χ1) is 9.19. The number of nitrogens with one attached hydrogen (secondary N) is 1. The van der Waals surface area contributed by atoms with Gasteiger partial charge in [0.2, 0.25) is 0 Å². The van der Waals surface area contributed by atoms with Gasteiger partial charge < -0.3 is 15.2 Å². The maximum absolute atomic E-state index is 9.25. The van der Waals surface area contributed by atoms with Gasteiger partial charge in [-0.05, 0) is 55.8 Å². The fourth-order valence-corrected chi connectivity index (χ4v) is 1.91. The molecule has 0 aliphatic heterocycles. The number of rotatable bonds is 5. The molecular weight excluding hydrogens is 238 g/mol. The predicted octanol–water partition coefficient (Wildman–Crippen LogP) is 3.96. The summed E-state index contributed by atoms with van der Waals surface area (Å²) in [6.07, 6.45) is 0. The first-order valence-corrected chi connectivity index (χ1v) is 6.47. The van der Waals surface area contributed by atoms with Crippen LogP contribution < -0.4 is 10.1 Å². The second-order valence-electron chi connectivity index (χ2n) is 4.41. The Bertz CT molecular complexity index is 505. The number of phenols is 1. The Hall–Kier alpha value is -2.16. The van der Waals surface area contributed by atoms with E-state index in [0.717, 1.165) is 11.4 Å². The Kier molecular flexibility index (Phi) is 4.29. The summed E-state index contributed by atoms with van der Waals surface area (Å²) >= 11 is 0. The van der Waals surface area contributed by atoms with Crippen molar-refractivity contribution >= 4 is 5.69 Å². The summed E-state index contributed by atoms with van der Waals surface area (Å²) < 4.78 is 5.42. The van der Waals surface area contributed by atoms with Crippen molar-refractivity contribution in [2.45, 2.75) is 19.9 Å². The lowest BCUT2D eigenvalue weighted by Crippen LogP contribution is -2.06. The van der Waals surface area contributed by atoms with Crippen molar-refractivity contribution in [3.05, 3.63) is 54.1 Å². The second-order valence-corrected chi connectivity index (χ2v) is 4.41. The molecule has 0 saturated carbocycles. The molecule has 0 fully saturated rings. The Morgan fingerprint density at radius 3 is 2.26 bits per heavy atom. The predicted molar refractivity (Wildman–Crippen MR) is 77.8 cm³/mol. The van der Waals surface area contributed by atoms with Gasteiger partial charge in [-0.1, -0.05) is 12.1 Å². The number of ether oxygens (including phenoxy) is 1. The van der Waals surface area contributed by atoms with Gasteiger partial charge in [0, 0.05) is 11.7 Å². The van der Waals surface area contributed by atoms with Crippen LogP contribution in [0.1, 0.15) is 25.5 Å². The third kappa shape index (κ3) is 3.65. The first-order valence-electron chi connectivity index (χ1n) is 6.47. The number of aromatic hydroxyl groups is 1. The summed E-state index contributed by atoms with van der Waals surface area (Å²) in [4.78, 5) is 0. The number of hydrogen-bond donors (Lipinski definition) is 2. The topological polar surface area (TPSA) is 41.5 Å². The Morgan fingerprint density at radius 1 is 1.05 bits per heavy atom. The van der Waals surface area contributed by atoms with Gasteiger partial charge in [0.05, 0.1) is 6.61 Å². The van der Waals surface area contributed by atoms with Crippen LogP contribution in [0.15, 0.2) is 48.5 Å². The zero-order chi connectivity index (χ0) is 13.7. The van der Waals surface area contributed by atoms with Crippen LogP contribution >= 0.6 is 0 Å². The van der Waals surface area contributed by atoms with Gasteiger partial charge in [-0.2, -0.15) is 0 Å². The normalized spacial score (nSPS) is 11.9. The van der Waals surface area contributed by atoms with E-state index in [0.29, 0.717) is 6.61 Å². The smallest absolute Gasteiger partial charge is 0.119 e. The van der Waals surface area contributed by atoms with Crippen LogP contribution in [0.4, 0.5) is 5.69 Å². The Morgan fingerprint density at radius 2 is 1.68 bits per heavy atom. The van der Waals surface area contributed by atoms with Gasteiger partial charge in [0.1, 0.15) is 11.5 Å². The summed E-state index contributed by atoms with van der Waals surface area (Å²) in [6.45, 7) is 4.76. The molecule has 1 atom stereocenters. The van der Waals surface area contributed by atoms with Gasteiger partial charge >= 0.3 is 0 Å². The van der Waals surface area contributed by atoms with E-state index in [2.05, 4.69) is 24.4 Å². The number of benzene rings is 2. The number of phenolic OH excluding ortho intramolecular Hbond substituents is 1. The van der Waals surface area contributed by atoms with E-state index in [1.54, 1.807) is 12.1 Å². The van der Waals surface area contributed by atoms with Crippen molar-refractivity contribution in [3.8, 4) is 11.5 Å². The van der Waals surface area contributed by atoms with E-state index in [1.807, 2.05) is 31.2 Å². The van der Waals surface area contributed by atoms with Crippen LogP contribution in [0.5, 0.6) is 11.5 Å². The molecule has 0 aliphatic carbocycles. The van der Waals surface area contributed by atoms with Crippen LogP contribution in [0, 0.1) is 0 Å². The molecule has 0 radical (unpaired) electrons. The molecule has 1 unspecified atom stereocenters. The van der Waals surface area contributed by atoms with Gasteiger partial charge in [-0.3, -0.25) is 0 Å². The van der Waals surface area contributed by atoms with Crippen molar-refractivity contribution < 1.29 is 9.84 Å². The van der Waals surface area contributed by atoms with E-state index >= 15 is 0 Å². The molecule has 0 amide bonds. The molecule has 0 heterocycles. The van der Waals surface area contributed by atoms with E-state index in [4.69, 9.17) is 4.74 Å². The fourth-order valence-electron chi connectivity index (χ4n) is 1.91. The standard InChI is InChI=1S/C16H19NO2/c1-3-19-16-10-4-13(5-11-16)12(2)17-14-6-8-15(18)9-7-14/h4-12,17-18H,3H2,1-2H3. The second kappa shape index (κ2) is 6.14. The molecule has 0 saturated heterocycles. The third-order valence-corrected chi connectivity index (χ3v) is 2.94. The summed E-state index contributed by atoms with van der Waals surface area (Å²) in [7, 11) is 0. The molecule has 3 heteroatoms. The Labute approximate surface area is 113 Å². The highest BCUT2D eigenvalue weighted by atomic mass is 16.5. The van der Waals surface area contributed by atoms with E-state index in [1.165, 1.54) is 5.56 Å². The molecule has 2 aromatic carbocycles. The molecule has 19 heavy (non-hydrogen) atoms. The third-order valence-electron chi connectivity index (χ3n) is 2.94. The van der Waals surface area contributed by atoms with Crippen molar-refractivity contribution in [2.75, 3.05) is 11.9 Å². The van der Waals surface area contributed by atoms with Gasteiger partial charge in [-0.25, -0.2) is 0 Å². The van der Waals surface area contributed by atoms with Crippen LogP contribution in [0.3, 0.4) is 0 Å². The maximum atomic E-state index is 9.25. The SMILES string of the molecule is CCOc1ccc(C(C)Nc2ccc(O)cc2)cc1. The summed E-state index contributed by atoms with van der Waals surface area (Å²) in [5, 5.41) is 12.6. The van der Waals surface area contributed by atoms with E-state index in [9.17, 15) is 5.11 Å². The van der Waals surface area contributed by atoms with Gasteiger partial charge in [0.15, 0.2) is 0 Å². The van der Waals surface area contributed by atoms with E-state index in [-0.39, 0.29) is 11.8 Å². The highest BCUT2D eigenvalue weighted by Crippen LogP contribution is 2.22. The molecular formula is C16H19NO2. The lowest BCUT2D eigenvalue weighted by Gasteiger charge is -2.16. The lowest BCUT2D eigenvalue weighted by atomic mass is 10.1. The van der Waals surface area contributed by atoms with Gasteiger partial charge in [0.25, 0.3) is 0 Å². The quantitative estimate of drug-likeness (QED) is 0.796. The average Bonchev–Trinajstić information content (AvgIpc) is 2.42. The summed E-state index contributed by atoms with van der Waals surface area (Å²) in [5.74, 6) is 1.17. The minimum atomic E-state index is 0.195. The first kappa shape index (κ1) is 13.3. The van der Waals surface area contributed by atoms with Crippen LogP contribution in [-0.2, 0) is 0 Å².